The molecule has 0 amide bonds. The first-order valence-corrected chi connectivity index (χ1v) is 13.9. The normalized spacial score (nSPS) is 11.6. The molecule has 0 spiro atoms. The zero-order valence-corrected chi connectivity index (χ0v) is 22.2. The van der Waals surface area contributed by atoms with E-state index in [-0.39, 0.29) is 5.92 Å². The van der Waals surface area contributed by atoms with Crippen LogP contribution in [0.2, 0.25) is 0 Å². The van der Waals surface area contributed by atoms with E-state index in [1.807, 2.05) is 6.92 Å². The van der Waals surface area contributed by atoms with Crippen LogP contribution in [0, 0.1) is 5.92 Å². The van der Waals surface area contributed by atoms with Gasteiger partial charge in [-0.05, 0) is 37.2 Å². The van der Waals surface area contributed by atoms with Crippen LogP contribution in [-0.2, 0) is 17.9 Å². The number of hydrogen-bond donors (Lipinski definition) is 0. The minimum atomic E-state index is -0.893. The number of carboxylic acid groups (broad SMARTS) is 1. The van der Waals surface area contributed by atoms with E-state index in [4.69, 9.17) is 0 Å². The van der Waals surface area contributed by atoms with Gasteiger partial charge in [0, 0.05) is 5.97 Å². The summed E-state index contributed by atoms with van der Waals surface area (Å²) in [7, 11) is 0. The lowest BCUT2D eigenvalue weighted by Gasteiger charge is -2.14. The van der Waals surface area contributed by atoms with E-state index in [0.717, 1.165) is 32.4 Å². The molecule has 1 atom stereocenters. The Hall–Kier alpha value is -2.10. The number of carbonyl (C=O) groups excluding carboxylic acids is 1. The summed E-state index contributed by atoms with van der Waals surface area (Å²) in [5.41, 5.74) is 1.36. The van der Waals surface area contributed by atoms with Crippen LogP contribution in [0.3, 0.4) is 0 Å². The average Bonchev–Trinajstić information content (AvgIpc) is 3.28. The highest BCUT2D eigenvalue weighted by Crippen LogP contribution is 2.11. The summed E-state index contributed by atoms with van der Waals surface area (Å²) in [6.45, 7) is 8.34. The molecule has 0 saturated heterocycles. The van der Waals surface area contributed by atoms with Crippen LogP contribution >= 0.6 is 0 Å². The van der Waals surface area contributed by atoms with Crippen LogP contribution in [-0.4, -0.2) is 10.5 Å². The minimum absolute atomic E-state index is 0.222. The predicted molar refractivity (Wildman–Crippen MR) is 140 cm³/mol. The molecule has 192 valence electrons. The van der Waals surface area contributed by atoms with Gasteiger partial charge in [-0.15, -0.1) is 0 Å². The minimum Gasteiger partial charge on any atom is -0.550 e. The fourth-order valence-electron chi connectivity index (χ4n) is 4.18. The summed E-state index contributed by atoms with van der Waals surface area (Å²) in [4.78, 5) is 10.3. The maximum Gasteiger partial charge on any atom is 0.244 e. The topological polar surface area (TPSA) is 48.9 Å². The monoisotopic (exact) mass is 470 g/mol. The highest BCUT2D eigenvalue weighted by molar-refractivity contribution is 5.67. The van der Waals surface area contributed by atoms with Crippen LogP contribution in [0.1, 0.15) is 116 Å². The third kappa shape index (κ3) is 14.9. The van der Waals surface area contributed by atoms with Crippen molar-refractivity contribution in [2.24, 2.45) is 5.92 Å². The number of carbonyl (C=O) groups is 1. The lowest BCUT2D eigenvalue weighted by Crippen LogP contribution is -2.31. The van der Waals surface area contributed by atoms with E-state index in [9.17, 15) is 9.90 Å². The number of rotatable bonds is 18. The Morgan fingerprint density at radius 1 is 0.853 bits per heavy atom. The summed E-state index contributed by atoms with van der Waals surface area (Å²) in [5, 5.41) is 10.3. The van der Waals surface area contributed by atoms with Gasteiger partial charge in [0.2, 0.25) is 6.33 Å². The van der Waals surface area contributed by atoms with Crippen molar-refractivity contribution in [2.45, 2.75) is 124 Å². The van der Waals surface area contributed by atoms with Crippen molar-refractivity contribution in [3.63, 3.8) is 0 Å². The number of hydrogen-bond acceptors (Lipinski definition) is 2. The van der Waals surface area contributed by atoms with Crippen LogP contribution in [0.15, 0.2) is 49.1 Å². The number of benzene rings is 1. The third-order valence-electron chi connectivity index (χ3n) is 6.46. The second kappa shape index (κ2) is 20.3. The molecule has 0 saturated carbocycles. The molecule has 34 heavy (non-hydrogen) atoms. The molecule has 1 aromatic heterocycles. The molecule has 2 aromatic rings. The smallest absolute Gasteiger partial charge is 0.244 e. The van der Waals surface area contributed by atoms with E-state index < -0.39 is 5.97 Å². The molecule has 0 aliphatic rings. The summed E-state index contributed by atoms with van der Waals surface area (Å²) >= 11 is 0. The van der Waals surface area contributed by atoms with Crippen molar-refractivity contribution >= 4 is 5.97 Å². The van der Waals surface area contributed by atoms with Gasteiger partial charge in [-0.1, -0.05) is 115 Å². The summed E-state index contributed by atoms with van der Waals surface area (Å²) in [6.07, 6.45) is 24.2. The van der Waals surface area contributed by atoms with Crippen LogP contribution in [0.25, 0.3) is 0 Å². The zero-order valence-electron chi connectivity index (χ0n) is 22.2. The fourth-order valence-corrected chi connectivity index (χ4v) is 4.18. The Labute approximate surface area is 209 Å². The van der Waals surface area contributed by atoms with E-state index in [1.54, 1.807) is 0 Å². The van der Waals surface area contributed by atoms with Crippen LogP contribution in [0.4, 0.5) is 0 Å². The first-order chi connectivity index (χ1) is 16.6. The quantitative estimate of drug-likeness (QED) is 0.180. The highest BCUT2D eigenvalue weighted by atomic mass is 16.4. The van der Waals surface area contributed by atoms with Crippen molar-refractivity contribution in [2.75, 3.05) is 0 Å². The number of nitrogens with zero attached hydrogens (tertiary/aromatic N) is 2. The molecule has 0 bridgehead atoms. The first kappa shape index (κ1) is 29.9. The second-order valence-electron chi connectivity index (χ2n) is 9.56. The Balaban J connectivity index is 0.000000489. The molecule has 4 heteroatoms. The first-order valence-electron chi connectivity index (χ1n) is 13.9. The maximum absolute atomic E-state index is 10.3. The Bertz CT molecular complexity index is 726. The van der Waals surface area contributed by atoms with Crippen molar-refractivity contribution in [1.82, 2.24) is 4.57 Å². The van der Waals surface area contributed by atoms with E-state index in [0.29, 0.717) is 6.42 Å². The second-order valence-corrected chi connectivity index (χ2v) is 9.56. The SMILES string of the molecule is CCCCC(CC)C(=O)[O-].CCCCCCCCCCCCn1cc[n+](Cc2ccccc2)c1. The van der Waals surface area contributed by atoms with Gasteiger partial charge < -0.3 is 9.90 Å². The van der Waals surface area contributed by atoms with Gasteiger partial charge in [0.1, 0.15) is 18.9 Å². The predicted octanol–water partition coefficient (Wildman–Crippen LogP) is 6.70. The molecular formula is C30H50N2O2. The Morgan fingerprint density at radius 3 is 2.00 bits per heavy atom. The largest absolute Gasteiger partial charge is 0.550 e. The number of aromatic nitrogens is 2. The molecule has 0 aliphatic carbocycles. The lowest BCUT2D eigenvalue weighted by molar-refractivity contribution is -0.687. The van der Waals surface area contributed by atoms with Gasteiger partial charge >= 0.3 is 0 Å². The van der Waals surface area contributed by atoms with E-state index >= 15 is 0 Å². The molecule has 1 aromatic carbocycles. The van der Waals surface area contributed by atoms with Gasteiger partial charge in [0.05, 0.1) is 6.54 Å². The molecule has 1 unspecified atom stereocenters. The summed E-state index contributed by atoms with van der Waals surface area (Å²) in [5.74, 6) is -1.11. The van der Waals surface area contributed by atoms with Crippen molar-refractivity contribution in [1.29, 1.82) is 0 Å². The molecule has 0 fully saturated rings. The molecule has 1 heterocycles. The number of imidazole rings is 1. The Kier molecular flexibility index (Phi) is 17.9. The molecule has 0 N–H and O–H groups in total. The van der Waals surface area contributed by atoms with Crippen molar-refractivity contribution < 1.29 is 14.5 Å². The van der Waals surface area contributed by atoms with E-state index in [2.05, 4.69) is 72.0 Å². The summed E-state index contributed by atoms with van der Waals surface area (Å²) in [6, 6.07) is 10.7. The van der Waals surface area contributed by atoms with Gasteiger partial charge in [-0.3, -0.25) is 0 Å². The number of unbranched alkanes of at least 4 members (excludes halogenated alkanes) is 10. The van der Waals surface area contributed by atoms with Gasteiger partial charge in [-0.2, -0.15) is 0 Å². The van der Waals surface area contributed by atoms with Crippen LogP contribution < -0.4 is 9.67 Å². The lowest BCUT2D eigenvalue weighted by atomic mass is 10.00. The molecule has 0 aliphatic heterocycles. The number of aryl methyl sites for hydroxylation is 1. The van der Waals surface area contributed by atoms with Crippen molar-refractivity contribution in [3.05, 3.63) is 54.6 Å². The van der Waals surface area contributed by atoms with Gasteiger partial charge in [-0.25, -0.2) is 9.13 Å². The number of aliphatic carboxylic acids is 1. The zero-order chi connectivity index (χ0) is 24.9. The highest BCUT2D eigenvalue weighted by Gasteiger charge is 2.05. The fraction of sp³-hybridized carbons (Fsp3) is 0.667. The van der Waals surface area contributed by atoms with Gasteiger partial charge in [0.25, 0.3) is 0 Å². The van der Waals surface area contributed by atoms with Gasteiger partial charge in [0.15, 0.2) is 0 Å². The average molecular weight is 471 g/mol. The Morgan fingerprint density at radius 2 is 1.44 bits per heavy atom. The van der Waals surface area contributed by atoms with Crippen LogP contribution in [0.5, 0.6) is 0 Å². The summed E-state index contributed by atoms with van der Waals surface area (Å²) < 4.78 is 4.60. The number of carboxylic acids is 1. The standard InChI is InChI=1S/C22H35N2.C8H16O2/c1-2-3-4-5-6-7-8-9-10-14-17-23-18-19-24(21-23)20-22-15-12-11-13-16-22;1-3-5-6-7(4-2)8(9)10/h11-13,15-16,18-19,21H,2-10,14,17,20H2,1H3;7H,3-6H2,1-2H3,(H,9,10)/q+1;/p-1. The molecule has 2 rings (SSSR count). The maximum atomic E-state index is 10.3. The third-order valence-corrected chi connectivity index (χ3v) is 6.46. The van der Waals surface area contributed by atoms with Crippen molar-refractivity contribution in [3.8, 4) is 0 Å². The molecular weight excluding hydrogens is 420 g/mol. The molecule has 4 nitrogen and oxygen atoms in total. The molecule has 0 radical (unpaired) electrons. The van der Waals surface area contributed by atoms with E-state index in [1.165, 1.54) is 69.8 Å².